The van der Waals surface area contributed by atoms with Gasteiger partial charge in [-0.3, -0.25) is 14.5 Å². The fourth-order valence-electron chi connectivity index (χ4n) is 4.83. The molecule has 2 aromatic carbocycles. The fourth-order valence-corrected chi connectivity index (χ4v) is 5.15. The van der Waals surface area contributed by atoms with Crippen molar-refractivity contribution in [3.05, 3.63) is 57.6 Å². The van der Waals surface area contributed by atoms with E-state index in [9.17, 15) is 14.7 Å². The van der Waals surface area contributed by atoms with Gasteiger partial charge < -0.3 is 25.0 Å². The predicted octanol–water partition coefficient (Wildman–Crippen LogP) is 4.55. The molecule has 2 amide bonds. The molecule has 1 aliphatic heterocycles. The lowest BCUT2D eigenvalue weighted by Gasteiger charge is -2.34. The van der Waals surface area contributed by atoms with Gasteiger partial charge >= 0.3 is 0 Å². The van der Waals surface area contributed by atoms with Gasteiger partial charge in [-0.2, -0.15) is 0 Å². The lowest BCUT2D eigenvalue weighted by atomic mass is 10.0. The van der Waals surface area contributed by atoms with E-state index in [1.165, 1.54) is 0 Å². The van der Waals surface area contributed by atoms with E-state index in [-0.39, 0.29) is 42.9 Å². The van der Waals surface area contributed by atoms with Crippen LogP contribution in [0.1, 0.15) is 37.8 Å². The van der Waals surface area contributed by atoms with Crippen LogP contribution in [0.4, 0.5) is 5.69 Å². The largest absolute Gasteiger partial charge is 0.488 e. The molecule has 0 saturated carbocycles. The predicted molar refractivity (Wildman–Crippen MR) is 161 cm³/mol. The molecule has 10 heteroatoms. The Bertz CT molecular complexity index is 1160. The molecule has 0 fully saturated rings. The van der Waals surface area contributed by atoms with Crippen molar-refractivity contribution in [1.82, 2.24) is 14.7 Å². The van der Waals surface area contributed by atoms with Crippen LogP contribution in [-0.2, 0) is 22.6 Å². The quantitative estimate of drug-likeness (QED) is 0.398. The van der Waals surface area contributed by atoms with Crippen molar-refractivity contribution in [2.75, 3.05) is 52.7 Å². The maximum Gasteiger partial charge on any atom is 0.227 e. The maximum absolute atomic E-state index is 13.4. The minimum absolute atomic E-state index is 0.0174. The normalized spacial score (nSPS) is 18.6. The molecule has 8 nitrogen and oxygen atoms in total. The van der Waals surface area contributed by atoms with Gasteiger partial charge in [-0.15, -0.1) is 0 Å². The monoisotopic (exact) mass is 592 g/mol. The van der Waals surface area contributed by atoms with E-state index in [1.807, 2.05) is 63.3 Å². The summed E-state index contributed by atoms with van der Waals surface area (Å²) >= 11 is 12.3. The summed E-state index contributed by atoms with van der Waals surface area (Å²) in [6.07, 6.45) is 1.05. The third-order valence-corrected chi connectivity index (χ3v) is 7.88. The maximum atomic E-state index is 13.4. The molecule has 0 spiro atoms. The number of anilines is 1. The Morgan fingerprint density at radius 3 is 2.60 bits per heavy atom. The number of carbonyl (C=O) groups is 2. The summed E-state index contributed by atoms with van der Waals surface area (Å²) in [4.78, 5) is 31.9. The Morgan fingerprint density at radius 1 is 1.18 bits per heavy atom. The molecule has 1 heterocycles. The van der Waals surface area contributed by atoms with Crippen LogP contribution in [0.25, 0.3) is 0 Å². The number of fused-ring (bicyclic) bond motifs is 1. The van der Waals surface area contributed by atoms with Crippen LogP contribution >= 0.6 is 23.2 Å². The number of amides is 2. The SMILES string of the molecule is C[C@H](CO)N1C[C@H](C)[C@@H](CN(C)Cc2ccc(Cl)c(Cl)c2)Oc2ccc(NC(=O)CCCN(C)C)cc2CC1=O. The Morgan fingerprint density at radius 2 is 1.93 bits per heavy atom. The van der Waals surface area contributed by atoms with Crippen LogP contribution in [0.15, 0.2) is 36.4 Å². The average Bonchev–Trinajstić information content (AvgIpc) is 2.93. The Labute approximate surface area is 248 Å². The number of likely N-dealkylation sites (N-methyl/N-ethyl adjacent to an activating group) is 1. The molecule has 0 saturated heterocycles. The van der Waals surface area contributed by atoms with Gasteiger partial charge in [-0.25, -0.2) is 0 Å². The molecule has 1 aliphatic rings. The second-order valence-electron chi connectivity index (χ2n) is 11.1. The van der Waals surface area contributed by atoms with Crippen molar-refractivity contribution in [1.29, 1.82) is 0 Å². The number of benzene rings is 2. The van der Waals surface area contributed by atoms with Crippen LogP contribution in [0.5, 0.6) is 5.75 Å². The van der Waals surface area contributed by atoms with Gasteiger partial charge in [0.1, 0.15) is 11.9 Å². The summed E-state index contributed by atoms with van der Waals surface area (Å²) in [6, 6.07) is 10.8. The molecule has 0 radical (unpaired) electrons. The summed E-state index contributed by atoms with van der Waals surface area (Å²) in [7, 11) is 5.97. The lowest BCUT2D eigenvalue weighted by Crippen LogP contribution is -2.47. The van der Waals surface area contributed by atoms with Crippen molar-refractivity contribution in [3.63, 3.8) is 0 Å². The van der Waals surface area contributed by atoms with Gasteiger partial charge in [-0.05, 0) is 76.9 Å². The number of ether oxygens (including phenoxy) is 1. The number of nitrogens with one attached hydrogen (secondary N) is 1. The standard InChI is InChI=1S/C30H42Cl2N4O4/c1-20-16-36(21(2)19-37)30(39)15-23-14-24(33-29(38)7-6-12-34(3)4)9-11-27(23)40-28(20)18-35(5)17-22-8-10-25(31)26(32)13-22/h8-11,13-14,20-21,28,37H,6-7,12,15-19H2,1-5H3,(H,33,38)/t20-,21+,28+/m0/s1. The summed E-state index contributed by atoms with van der Waals surface area (Å²) in [5.74, 6) is 0.453. The minimum atomic E-state index is -0.328. The summed E-state index contributed by atoms with van der Waals surface area (Å²) in [5, 5.41) is 13.9. The molecule has 3 rings (SSSR count). The molecular formula is C30H42Cl2N4O4. The second kappa shape index (κ2) is 15.0. The highest BCUT2D eigenvalue weighted by molar-refractivity contribution is 6.42. The van der Waals surface area contributed by atoms with E-state index in [2.05, 4.69) is 17.1 Å². The van der Waals surface area contributed by atoms with E-state index in [4.69, 9.17) is 27.9 Å². The van der Waals surface area contributed by atoms with Gasteiger partial charge in [0.15, 0.2) is 0 Å². The van der Waals surface area contributed by atoms with E-state index >= 15 is 0 Å². The summed E-state index contributed by atoms with van der Waals surface area (Å²) in [5.41, 5.74) is 2.37. The molecular weight excluding hydrogens is 551 g/mol. The van der Waals surface area contributed by atoms with Gasteiger partial charge in [0, 0.05) is 43.2 Å². The highest BCUT2D eigenvalue weighted by atomic mass is 35.5. The van der Waals surface area contributed by atoms with Crippen LogP contribution < -0.4 is 10.1 Å². The molecule has 0 aromatic heterocycles. The first kappa shape index (κ1) is 32.2. The fraction of sp³-hybridized carbons (Fsp3) is 0.533. The Kier molecular flexibility index (Phi) is 12.1. The van der Waals surface area contributed by atoms with Crippen LogP contribution in [0.2, 0.25) is 10.0 Å². The number of rotatable bonds is 11. The van der Waals surface area contributed by atoms with Crippen molar-refractivity contribution in [2.24, 2.45) is 5.92 Å². The Hall–Kier alpha value is -2.36. The van der Waals surface area contributed by atoms with Crippen molar-refractivity contribution < 1.29 is 19.4 Å². The molecule has 3 atom stereocenters. The molecule has 0 bridgehead atoms. The average molecular weight is 594 g/mol. The van der Waals surface area contributed by atoms with Gasteiger partial charge in [0.05, 0.1) is 29.1 Å². The Balaban J connectivity index is 1.83. The van der Waals surface area contributed by atoms with Crippen molar-refractivity contribution >= 4 is 40.7 Å². The highest BCUT2D eigenvalue weighted by Gasteiger charge is 2.31. The van der Waals surface area contributed by atoms with Crippen LogP contribution in [0, 0.1) is 5.92 Å². The first-order valence-corrected chi connectivity index (χ1v) is 14.5. The second-order valence-corrected chi connectivity index (χ2v) is 11.9. The summed E-state index contributed by atoms with van der Waals surface area (Å²) in [6.45, 7) is 6.31. The molecule has 0 aliphatic carbocycles. The first-order valence-electron chi connectivity index (χ1n) is 13.7. The molecule has 2 N–H and O–H groups in total. The zero-order chi connectivity index (χ0) is 29.4. The topological polar surface area (TPSA) is 85.3 Å². The van der Waals surface area contributed by atoms with Gasteiger partial charge in [-0.1, -0.05) is 36.2 Å². The zero-order valence-corrected chi connectivity index (χ0v) is 25.6. The van der Waals surface area contributed by atoms with Gasteiger partial charge in [0.2, 0.25) is 11.8 Å². The van der Waals surface area contributed by atoms with Gasteiger partial charge in [0.25, 0.3) is 0 Å². The number of carbonyl (C=O) groups excluding carboxylic acids is 2. The third-order valence-electron chi connectivity index (χ3n) is 7.14. The highest BCUT2D eigenvalue weighted by Crippen LogP contribution is 2.30. The van der Waals surface area contributed by atoms with Crippen molar-refractivity contribution in [3.8, 4) is 5.75 Å². The van der Waals surface area contributed by atoms with Crippen molar-refractivity contribution in [2.45, 2.75) is 51.8 Å². The number of aliphatic hydroxyl groups excluding tert-OH is 1. The molecule has 2 aromatic rings. The van der Waals surface area contributed by atoms with Crippen LogP contribution in [-0.4, -0.2) is 91.2 Å². The number of hydrogen-bond acceptors (Lipinski definition) is 6. The third kappa shape index (κ3) is 9.35. The van der Waals surface area contributed by atoms with E-state index in [0.717, 1.165) is 18.5 Å². The number of nitrogens with zero attached hydrogens (tertiary/aromatic N) is 3. The van der Waals surface area contributed by atoms with E-state index < -0.39 is 0 Å². The number of hydrogen-bond donors (Lipinski definition) is 2. The van der Waals surface area contributed by atoms with E-state index in [0.29, 0.717) is 53.1 Å². The molecule has 40 heavy (non-hydrogen) atoms. The molecule has 0 unspecified atom stereocenters. The zero-order valence-electron chi connectivity index (χ0n) is 24.1. The smallest absolute Gasteiger partial charge is 0.227 e. The first-order chi connectivity index (χ1) is 19.0. The molecule has 220 valence electrons. The van der Waals surface area contributed by atoms with E-state index in [1.54, 1.807) is 11.0 Å². The minimum Gasteiger partial charge on any atom is -0.488 e. The van der Waals surface area contributed by atoms with Crippen LogP contribution in [0.3, 0.4) is 0 Å². The lowest BCUT2D eigenvalue weighted by molar-refractivity contribution is -0.134. The number of halogens is 2. The number of aliphatic hydroxyl groups is 1. The summed E-state index contributed by atoms with van der Waals surface area (Å²) < 4.78 is 6.59.